The molecule has 1 amide bonds. The number of carbonyl (C=O) groups excluding carboxylic acids is 1. The van der Waals surface area contributed by atoms with Crippen LogP contribution in [0.5, 0.6) is 0 Å². The van der Waals surface area contributed by atoms with Crippen LogP contribution in [0.1, 0.15) is 5.56 Å². The van der Waals surface area contributed by atoms with E-state index >= 15 is 0 Å². The highest BCUT2D eigenvalue weighted by Gasteiger charge is 2.21. The summed E-state index contributed by atoms with van der Waals surface area (Å²) < 4.78 is 3.70. The van der Waals surface area contributed by atoms with Crippen molar-refractivity contribution in [3.8, 4) is 22.3 Å². The van der Waals surface area contributed by atoms with E-state index in [1.165, 1.54) is 0 Å². The Morgan fingerprint density at radius 1 is 1.03 bits per heavy atom. The standard InChI is InChI=1S/C26H31N9O/c1-27-12-21-14-30-35-17-20(22-15-29-32(4)16-22)11-23(26(21)35)19-5-6-24(28-13-19)34-9-7-33(8-10-34)18-25(36)31(2)3/h5-6,11,13-17H,1,7-10,12,18H2,2-4H3. The van der Waals surface area contributed by atoms with Crippen LogP contribution in [0.15, 0.2) is 54.2 Å². The molecule has 0 N–H and O–H groups in total. The first kappa shape index (κ1) is 23.7. The van der Waals surface area contributed by atoms with Gasteiger partial charge in [0.1, 0.15) is 5.82 Å². The zero-order chi connectivity index (χ0) is 25.2. The van der Waals surface area contributed by atoms with Gasteiger partial charge in [0, 0.05) is 93.7 Å². The van der Waals surface area contributed by atoms with Crippen LogP contribution in [0.4, 0.5) is 5.82 Å². The molecule has 36 heavy (non-hydrogen) atoms. The van der Waals surface area contributed by atoms with Gasteiger partial charge in [-0.15, -0.1) is 0 Å². The van der Waals surface area contributed by atoms with Crippen molar-refractivity contribution in [2.24, 2.45) is 12.0 Å². The van der Waals surface area contributed by atoms with Gasteiger partial charge in [0.05, 0.1) is 31.0 Å². The maximum atomic E-state index is 12.0. The highest BCUT2D eigenvalue weighted by atomic mass is 16.2. The Morgan fingerprint density at radius 3 is 2.47 bits per heavy atom. The summed E-state index contributed by atoms with van der Waals surface area (Å²) in [6.45, 7) is 7.98. The minimum absolute atomic E-state index is 0.136. The first-order valence-electron chi connectivity index (χ1n) is 12.0. The van der Waals surface area contributed by atoms with Crippen molar-refractivity contribution in [1.82, 2.24) is 34.2 Å². The number of carbonyl (C=O) groups is 1. The van der Waals surface area contributed by atoms with Crippen LogP contribution in [0.25, 0.3) is 27.8 Å². The molecule has 0 unspecified atom stereocenters. The maximum Gasteiger partial charge on any atom is 0.236 e. The monoisotopic (exact) mass is 485 g/mol. The lowest BCUT2D eigenvalue weighted by molar-refractivity contribution is -0.129. The molecule has 1 fully saturated rings. The fourth-order valence-corrected chi connectivity index (χ4v) is 4.57. The summed E-state index contributed by atoms with van der Waals surface area (Å²) in [6.07, 6.45) is 9.65. The van der Waals surface area contributed by atoms with Crippen LogP contribution in [0.2, 0.25) is 0 Å². The third-order valence-corrected chi connectivity index (χ3v) is 6.62. The van der Waals surface area contributed by atoms with Crippen molar-refractivity contribution in [2.75, 3.05) is 51.7 Å². The minimum atomic E-state index is 0.136. The van der Waals surface area contributed by atoms with Crippen LogP contribution >= 0.6 is 0 Å². The molecule has 0 bridgehead atoms. The highest BCUT2D eigenvalue weighted by Crippen LogP contribution is 2.32. The molecule has 0 radical (unpaired) electrons. The van der Waals surface area contributed by atoms with Crippen molar-refractivity contribution in [3.05, 3.63) is 54.7 Å². The number of aromatic nitrogens is 5. The molecule has 1 saturated heterocycles. The molecule has 0 saturated carbocycles. The third kappa shape index (κ3) is 4.72. The Kier molecular flexibility index (Phi) is 6.51. The van der Waals surface area contributed by atoms with E-state index in [4.69, 9.17) is 4.98 Å². The molecule has 4 aromatic heterocycles. The Labute approximate surface area is 210 Å². The van der Waals surface area contributed by atoms with Crippen LogP contribution < -0.4 is 4.90 Å². The van der Waals surface area contributed by atoms with Crippen molar-refractivity contribution < 1.29 is 4.79 Å². The Bertz CT molecular complexity index is 1380. The number of piperazine rings is 1. The zero-order valence-electron chi connectivity index (χ0n) is 21.0. The second kappa shape index (κ2) is 9.90. The molecule has 0 aliphatic carbocycles. The Hall–Kier alpha value is -4.05. The number of anilines is 1. The molecule has 1 aliphatic heterocycles. The van der Waals surface area contributed by atoms with E-state index in [9.17, 15) is 4.79 Å². The normalized spacial score (nSPS) is 14.4. The summed E-state index contributed by atoms with van der Waals surface area (Å²) in [5.74, 6) is 1.08. The van der Waals surface area contributed by atoms with Crippen molar-refractivity contribution >= 4 is 24.0 Å². The molecule has 0 aromatic carbocycles. The molecule has 5 heterocycles. The fraction of sp³-hybridized carbons (Fsp3) is 0.346. The number of aryl methyl sites for hydroxylation is 1. The van der Waals surface area contributed by atoms with E-state index in [-0.39, 0.29) is 5.91 Å². The number of rotatable bonds is 7. The number of likely N-dealkylation sites (N-methyl/N-ethyl adjacent to an activating group) is 1. The highest BCUT2D eigenvalue weighted by molar-refractivity contribution is 5.86. The first-order chi connectivity index (χ1) is 17.4. The van der Waals surface area contributed by atoms with Gasteiger partial charge in [-0.1, -0.05) is 0 Å². The van der Waals surface area contributed by atoms with Gasteiger partial charge in [0.15, 0.2) is 0 Å². The summed E-state index contributed by atoms with van der Waals surface area (Å²) in [4.78, 5) is 27.0. The number of amides is 1. The molecule has 0 atom stereocenters. The molecule has 1 aliphatic rings. The number of hydrogen-bond acceptors (Lipinski definition) is 7. The Balaban J connectivity index is 1.41. The van der Waals surface area contributed by atoms with E-state index in [2.05, 4.69) is 49.9 Å². The SMILES string of the molecule is C=NCc1cnn2cc(-c3cnn(C)c3)cc(-c3ccc(N4CCN(CC(=O)N(C)C)CC4)nc3)c12. The largest absolute Gasteiger partial charge is 0.354 e. The van der Waals surface area contributed by atoms with Gasteiger partial charge < -0.3 is 9.80 Å². The third-order valence-electron chi connectivity index (χ3n) is 6.62. The molecule has 0 spiro atoms. The quantitative estimate of drug-likeness (QED) is 0.373. The number of hydrogen-bond donors (Lipinski definition) is 0. The van der Waals surface area contributed by atoms with Crippen molar-refractivity contribution in [3.63, 3.8) is 0 Å². The molecular formula is C26H31N9O. The lowest BCUT2D eigenvalue weighted by Gasteiger charge is -2.35. The van der Waals surface area contributed by atoms with Crippen LogP contribution in [0.3, 0.4) is 0 Å². The predicted octanol–water partition coefficient (Wildman–Crippen LogP) is 2.21. The van der Waals surface area contributed by atoms with Crippen molar-refractivity contribution in [1.29, 1.82) is 0 Å². The lowest BCUT2D eigenvalue weighted by Crippen LogP contribution is -2.49. The molecule has 186 valence electrons. The van der Waals surface area contributed by atoms with E-state index in [0.717, 1.165) is 65.3 Å². The smallest absolute Gasteiger partial charge is 0.236 e. The average molecular weight is 486 g/mol. The minimum Gasteiger partial charge on any atom is -0.354 e. The van der Waals surface area contributed by atoms with Gasteiger partial charge >= 0.3 is 0 Å². The van der Waals surface area contributed by atoms with Gasteiger partial charge in [-0.25, -0.2) is 9.50 Å². The van der Waals surface area contributed by atoms with Gasteiger partial charge in [-0.05, 0) is 24.9 Å². The van der Waals surface area contributed by atoms with E-state index < -0.39 is 0 Å². The summed E-state index contributed by atoms with van der Waals surface area (Å²) >= 11 is 0. The number of aliphatic imine (C=N–C) groups is 1. The second-order valence-corrected chi connectivity index (χ2v) is 9.35. The lowest BCUT2D eigenvalue weighted by atomic mass is 10.0. The molecule has 10 heteroatoms. The first-order valence-corrected chi connectivity index (χ1v) is 12.0. The maximum absolute atomic E-state index is 12.0. The van der Waals surface area contributed by atoms with Gasteiger partial charge in [-0.2, -0.15) is 10.2 Å². The van der Waals surface area contributed by atoms with Gasteiger partial charge in [-0.3, -0.25) is 19.4 Å². The van der Waals surface area contributed by atoms with Gasteiger partial charge in [0.25, 0.3) is 0 Å². The second-order valence-electron chi connectivity index (χ2n) is 9.35. The van der Waals surface area contributed by atoms with Gasteiger partial charge in [0.2, 0.25) is 5.91 Å². The summed E-state index contributed by atoms with van der Waals surface area (Å²) in [5, 5.41) is 8.91. The van der Waals surface area contributed by atoms with Crippen LogP contribution in [0, 0.1) is 0 Å². The van der Waals surface area contributed by atoms with E-state index in [0.29, 0.717) is 13.1 Å². The van der Waals surface area contributed by atoms with E-state index in [1.54, 1.807) is 23.7 Å². The van der Waals surface area contributed by atoms with Crippen LogP contribution in [-0.2, 0) is 18.4 Å². The topological polar surface area (TPSA) is 87.2 Å². The Morgan fingerprint density at radius 2 is 1.83 bits per heavy atom. The summed E-state index contributed by atoms with van der Waals surface area (Å²) in [6, 6.07) is 6.35. The zero-order valence-corrected chi connectivity index (χ0v) is 21.0. The van der Waals surface area contributed by atoms with E-state index in [1.807, 2.05) is 42.5 Å². The summed E-state index contributed by atoms with van der Waals surface area (Å²) in [7, 11) is 5.50. The molecule has 10 nitrogen and oxygen atoms in total. The van der Waals surface area contributed by atoms with Crippen molar-refractivity contribution in [2.45, 2.75) is 6.54 Å². The molecule has 4 aromatic rings. The molecule has 5 rings (SSSR count). The predicted molar refractivity (Wildman–Crippen MR) is 141 cm³/mol. The summed E-state index contributed by atoms with van der Waals surface area (Å²) in [5.41, 5.74) is 6.12. The number of fused-ring (bicyclic) bond motifs is 1. The number of nitrogens with zero attached hydrogens (tertiary/aromatic N) is 9. The fourth-order valence-electron chi connectivity index (χ4n) is 4.57. The number of pyridine rings is 2. The average Bonchev–Trinajstić information content (AvgIpc) is 3.50. The van der Waals surface area contributed by atoms with Crippen LogP contribution in [-0.4, -0.2) is 93.6 Å². The molecular weight excluding hydrogens is 454 g/mol.